The Bertz CT molecular complexity index is 1070. The number of alkyl halides is 5. The van der Waals surface area contributed by atoms with Gasteiger partial charge in [-0.3, -0.25) is 0 Å². The zero-order valence-electron chi connectivity index (χ0n) is 17.1. The van der Waals surface area contributed by atoms with Crippen molar-refractivity contribution in [2.75, 3.05) is 18.0 Å². The highest BCUT2D eigenvalue weighted by molar-refractivity contribution is 5.71. The summed E-state index contributed by atoms with van der Waals surface area (Å²) in [5.41, 5.74) is -0.376. The van der Waals surface area contributed by atoms with Crippen LogP contribution >= 0.6 is 0 Å². The molecule has 0 saturated carbocycles. The summed E-state index contributed by atoms with van der Waals surface area (Å²) in [4.78, 5) is 14.1. The monoisotopic (exact) mass is 456 g/mol. The molecule has 3 aromatic heterocycles. The lowest BCUT2D eigenvalue weighted by atomic mass is 9.93. The van der Waals surface area contributed by atoms with E-state index in [0.717, 1.165) is 23.7 Å². The summed E-state index contributed by atoms with van der Waals surface area (Å²) >= 11 is 0. The fourth-order valence-corrected chi connectivity index (χ4v) is 3.85. The average Bonchev–Trinajstić information content (AvgIpc) is 3.15. The van der Waals surface area contributed by atoms with Crippen LogP contribution in [0.3, 0.4) is 0 Å². The van der Waals surface area contributed by atoms with Crippen LogP contribution in [0.1, 0.15) is 25.5 Å². The van der Waals surface area contributed by atoms with Crippen molar-refractivity contribution in [2.45, 2.75) is 45.0 Å². The Balaban J connectivity index is 1.50. The molecule has 0 spiro atoms. The summed E-state index contributed by atoms with van der Waals surface area (Å²) in [6.07, 6.45) is -2.15. The Hall–Kier alpha value is -3.05. The molecule has 172 valence electrons. The molecule has 7 nitrogen and oxygen atoms in total. The van der Waals surface area contributed by atoms with Crippen molar-refractivity contribution in [3.63, 3.8) is 0 Å². The molecule has 1 aliphatic heterocycles. The van der Waals surface area contributed by atoms with Gasteiger partial charge < -0.3 is 9.64 Å². The molecule has 4 rings (SSSR count). The Kier molecular flexibility index (Phi) is 6.11. The maximum Gasteiger partial charge on any atom is 0.437 e. The number of fused-ring (bicyclic) bond motifs is 1. The number of pyridine rings is 1. The van der Waals surface area contributed by atoms with Gasteiger partial charge in [-0.05, 0) is 31.9 Å². The molecule has 2 unspecified atom stereocenters. The zero-order valence-corrected chi connectivity index (χ0v) is 17.1. The predicted molar refractivity (Wildman–Crippen MR) is 106 cm³/mol. The molecular formula is C20H21F5N6O. The van der Waals surface area contributed by atoms with E-state index in [1.165, 1.54) is 18.3 Å². The summed E-state index contributed by atoms with van der Waals surface area (Å²) < 4.78 is 72.0. The highest BCUT2D eigenvalue weighted by Crippen LogP contribution is 2.36. The number of rotatable bonds is 6. The maximum absolute atomic E-state index is 13.2. The van der Waals surface area contributed by atoms with Crippen LogP contribution in [0, 0.1) is 5.92 Å². The minimum Gasteiger partial charge on any atom is -0.488 e. The largest absolute Gasteiger partial charge is 0.488 e. The van der Waals surface area contributed by atoms with Crippen LogP contribution in [0.4, 0.5) is 27.8 Å². The highest BCUT2D eigenvalue weighted by Gasteiger charge is 2.37. The van der Waals surface area contributed by atoms with Gasteiger partial charge in [-0.1, -0.05) is 0 Å². The number of hydrogen-bond acceptors (Lipinski definition) is 6. The van der Waals surface area contributed by atoms with Crippen molar-refractivity contribution >= 4 is 17.0 Å². The summed E-state index contributed by atoms with van der Waals surface area (Å²) in [5.74, 6) is 0.123. The summed E-state index contributed by atoms with van der Waals surface area (Å²) in [7, 11) is 0. The first-order chi connectivity index (χ1) is 15.2. The SMILES string of the molecule is CC(Oc1cccnc1C(F)(F)F)C1CCCN(c2cnc3cnn(CC(F)F)c3n2)C1. The third-order valence-corrected chi connectivity index (χ3v) is 5.44. The quantitative estimate of drug-likeness (QED) is 0.518. The second kappa shape index (κ2) is 8.83. The average molecular weight is 456 g/mol. The predicted octanol–water partition coefficient (Wildman–Crippen LogP) is 4.19. The van der Waals surface area contributed by atoms with Crippen molar-refractivity contribution < 1.29 is 26.7 Å². The first kappa shape index (κ1) is 22.2. The molecular weight excluding hydrogens is 435 g/mol. The molecule has 0 amide bonds. The molecule has 4 heterocycles. The van der Waals surface area contributed by atoms with E-state index in [9.17, 15) is 22.0 Å². The number of nitrogens with zero attached hydrogens (tertiary/aromatic N) is 6. The zero-order chi connectivity index (χ0) is 22.9. The maximum atomic E-state index is 13.2. The van der Waals surface area contributed by atoms with Crippen LogP contribution in [-0.2, 0) is 12.7 Å². The van der Waals surface area contributed by atoms with Crippen LogP contribution < -0.4 is 9.64 Å². The van der Waals surface area contributed by atoms with Gasteiger partial charge in [0.2, 0.25) is 0 Å². The lowest BCUT2D eigenvalue weighted by molar-refractivity contribution is -0.143. The van der Waals surface area contributed by atoms with E-state index in [4.69, 9.17) is 4.74 Å². The number of anilines is 1. The van der Waals surface area contributed by atoms with Crippen LogP contribution in [0.25, 0.3) is 11.2 Å². The van der Waals surface area contributed by atoms with E-state index in [-0.39, 0.29) is 17.3 Å². The van der Waals surface area contributed by atoms with E-state index in [1.54, 1.807) is 13.1 Å². The van der Waals surface area contributed by atoms with E-state index < -0.39 is 30.9 Å². The number of piperidine rings is 1. The minimum absolute atomic E-state index is 0.0755. The summed E-state index contributed by atoms with van der Waals surface area (Å²) in [6.45, 7) is 2.29. The van der Waals surface area contributed by atoms with Gasteiger partial charge in [-0.2, -0.15) is 18.3 Å². The molecule has 0 aliphatic carbocycles. The van der Waals surface area contributed by atoms with Crippen LogP contribution in [0.5, 0.6) is 5.75 Å². The molecule has 0 N–H and O–H groups in total. The smallest absolute Gasteiger partial charge is 0.437 e. The van der Waals surface area contributed by atoms with Gasteiger partial charge in [0.25, 0.3) is 6.43 Å². The fourth-order valence-electron chi connectivity index (χ4n) is 3.85. The van der Waals surface area contributed by atoms with Crippen molar-refractivity contribution in [2.24, 2.45) is 5.92 Å². The van der Waals surface area contributed by atoms with Crippen molar-refractivity contribution in [1.29, 1.82) is 0 Å². The van der Waals surface area contributed by atoms with E-state index in [1.807, 2.05) is 4.90 Å². The molecule has 3 aromatic rings. The summed E-state index contributed by atoms with van der Waals surface area (Å²) in [6, 6.07) is 2.66. The molecule has 0 bridgehead atoms. The Morgan fingerprint density at radius 2 is 2.03 bits per heavy atom. The molecule has 32 heavy (non-hydrogen) atoms. The number of halogens is 5. The van der Waals surface area contributed by atoms with E-state index >= 15 is 0 Å². The lowest BCUT2D eigenvalue weighted by Gasteiger charge is -2.36. The molecule has 1 saturated heterocycles. The third-order valence-electron chi connectivity index (χ3n) is 5.44. The second-order valence-corrected chi connectivity index (χ2v) is 7.67. The molecule has 1 aliphatic rings. The first-order valence-electron chi connectivity index (χ1n) is 10.1. The van der Waals surface area contributed by atoms with E-state index in [2.05, 4.69) is 20.1 Å². The van der Waals surface area contributed by atoms with Gasteiger partial charge in [0, 0.05) is 25.2 Å². The lowest BCUT2D eigenvalue weighted by Crippen LogP contribution is -2.42. The number of hydrogen-bond donors (Lipinski definition) is 0. The molecule has 0 aromatic carbocycles. The first-order valence-corrected chi connectivity index (χ1v) is 10.1. The van der Waals surface area contributed by atoms with Crippen molar-refractivity contribution in [3.05, 3.63) is 36.4 Å². The van der Waals surface area contributed by atoms with Gasteiger partial charge in [0.1, 0.15) is 24.0 Å². The van der Waals surface area contributed by atoms with Crippen LogP contribution in [0.2, 0.25) is 0 Å². The van der Waals surface area contributed by atoms with Gasteiger partial charge in [0.15, 0.2) is 17.1 Å². The minimum atomic E-state index is -4.61. The van der Waals surface area contributed by atoms with Crippen LogP contribution in [0.15, 0.2) is 30.7 Å². The van der Waals surface area contributed by atoms with Crippen molar-refractivity contribution in [3.8, 4) is 5.75 Å². The van der Waals surface area contributed by atoms with Gasteiger partial charge in [-0.15, -0.1) is 0 Å². The van der Waals surface area contributed by atoms with Gasteiger partial charge in [0.05, 0.1) is 12.4 Å². The number of aromatic nitrogens is 5. The van der Waals surface area contributed by atoms with Crippen molar-refractivity contribution in [1.82, 2.24) is 24.7 Å². The normalized spacial score (nSPS) is 18.3. The fraction of sp³-hybridized carbons (Fsp3) is 0.500. The molecule has 1 fully saturated rings. The summed E-state index contributed by atoms with van der Waals surface area (Å²) in [5, 5.41) is 3.92. The molecule has 2 atom stereocenters. The van der Waals surface area contributed by atoms with Crippen LogP contribution in [-0.4, -0.2) is 50.4 Å². The standard InChI is InChI=1S/C20H21F5N6O/c1-12(32-15-5-2-6-26-18(15)20(23,24)25)13-4-3-7-30(10-13)17-9-27-14-8-28-31(11-16(21)22)19(14)29-17/h2,5-6,8-9,12-13,16H,3-4,7,10-11H2,1H3. The second-order valence-electron chi connectivity index (χ2n) is 7.67. The Morgan fingerprint density at radius 1 is 1.22 bits per heavy atom. The highest BCUT2D eigenvalue weighted by atomic mass is 19.4. The van der Waals surface area contributed by atoms with Gasteiger partial charge >= 0.3 is 6.18 Å². The number of ether oxygens (including phenoxy) is 1. The topological polar surface area (TPSA) is 69.0 Å². The molecule has 12 heteroatoms. The Morgan fingerprint density at radius 3 is 2.78 bits per heavy atom. The third kappa shape index (κ3) is 4.73. The molecule has 0 radical (unpaired) electrons. The van der Waals surface area contributed by atoms with E-state index in [0.29, 0.717) is 24.4 Å². The van der Waals surface area contributed by atoms with Gasteiger partial charge in [-0.25, -0.2) is 28.4 Å². The Labute approximate surface area is 180 Å².